The van der Waals surface area contributed by atoms with Crippen molar-refractivity contribution in [2.24, 2.45) is 0 Å². The van der Waals surface area contributed by atoms with Gasteiger partial charge in [-0.25, -0.2) is 0 Å². The van der Waals surface area contributed by atoms with Gasteiger partial charge in [0.05, 0.1) is 9.68 Å². The van der Waals surface area contributed by atoms with Gasteiger partial charge in [0.15, 0.2) is 0 Å². The highest BCUT2D eigenvalue weighted by Gasteiger charge is 2.12. The van der Waals surface area contributed by atoms with Crippen LogP contribution in [0.5, 0.6) is 0 Å². The summed E-state index contributed by atoms with van der Waals surface area (Å²) in [5, 5.41) is 9.77. The van der Waals surface area contributed by atoms with Gasteiger partial charge in [-0.3, -0.25) is 0 Å². The van der Waals surface area contributed by atoms with Gasteiger partial charge in [-0.1, -0.05) is 67.7 Å². The first-order valence-electron chi connectivity index (χ1n) is 8.35. The van der Waals surface area contributed by atoms with E-state index in [2.05, 4.69) is 84.5 Å². The van der Waals surface area contributed by atoms with Gasteiger partial charge < -0.3 is 4.65 Å². The normalized spacial score (nSPS) is 13.5. The minimum Gasteiger partial charge on any atom is -0.363 e. The van der Waals surface area contributed by atoms with Crippen LogP contribution in [0.25, 0.3) is 32.3 Å². The van der Waals surface area contributed by atoms with E-state index in [0.717, 1.165) is 0 Å². The molecule has 0 aliphatic carbocycles. The van der Waals surface area contributed by atoms with Crippen molar-refractivity contribution in [1.29, 1.82) is 0 Å². The molecule has 0 saturated heterocycles. The van der Waals surface area contributed by atoms with Crippen molar-refractivity contribution in [2.45, 2.75) is 13.1 Å². The number of nitrogens with one attached hydrogen (secondary N) is 1. The quantitative estimate of drug-likeness (QED) is 0.344. The summed E-state index contributed by atoms with van der Waals surface area (Å²) >= 11 is 0. The largest absolute Gasteiger partial charge is 0.363 e. The van der Waals surface area contributed by atoms with Gasteiger partial charge in [0.25, 0.3) is 0 Å². The molecule has 23 heavy (non-hydrogen) atoms. The molecule has 0 amide bonds. The number of hydrogen-bond acceptors (Lipinski definition) is 1. The fraction of sp³-hybridized carbons (Fsp3) is 0.100. The van der Waals surface area contributed by atoms with Gasteiger partial charge in [0.2, 0.25) is 0 Å². The molecule has 0 radical (unpaired) electrons. The van der Waals surface area contributed by atoms with Crippen LogP contribution < -0.4 is 9.83 Å². The highest BCUT2D eigenvalue weighted by Crippen LogP contribution is 2.28. The van der Waals surface area contributed by atoms with Gasteiger partial charge in [0.1, 0.15) is 8.96 Å². The summed E-state index contributed by atoms with van der Waals surface area (Å²) in [6.45, 7) is 4.76. The van der Waals surface area contributed by atoms with E-state index in [4.69, 9.17) is 0 Å². The maximum Gasteiger partial charge on any atom is 0.132 e. The minimum atomic E-state index is -1.07. The Morgan fingerprint density at radius 2 is 1.48 bits per heavy atom. The molecule has 0 spiro atoms. The second kappa shape index (κ2) is 5.92. The van der Waals surface area contributed by atoms with Crippen molar-refractivity contribution in [2.75, 3.05) is 0 Å². The first-order chi connectivity index (χ1) is 11.3. The van der Waals surface area contributed by atoms with Crippen molar-refractivity contribution >= 4 is 56.1 Å². The SMILES string of the molecule is C[SiH2]N[SiH](C)c1cccc2ccc3cc4ccccc4cc3c12. The van der Waals surface area contributed by atoms with E-state index < -0.39 is 8.96 Å². The maximum absolute atomic E-state index is 3.83. The maximum atomic E-state index is 3.83. The molecule has 4 aromatic carbocycles. The smallest absolute Gasteiger partial charge is 0.132 e. The molecule has 1 unspecified atom stereocenters. The summed E-state index contributed by atoms with van der Waals surface area (Å²) in [7, 11) is -1.19. The molecule has 3 heteroatoms. The van der Waals surface area contributed by atoms with E-state index in [0.29, 0.717) is 0 Å². The molecular weight excluding hydrogens is 310 g/mol. The first-order valence-corrected chi connectivity index (χ1v) is 12.8. The Morgan fingerprint density at radius 3 is 2.26 bits per heavy atom. The Labute approximate surface area is 140 Å². The molecule has 0 heterocycles. The lowest BCUT2D eigenvalue weighted by molar-refractivity contribution is 1.52. The number of fused-ring (bicyclic) bond motifs is 4. The topological polar surface area (TPSA) is 12.0 Å². The van der Waals surface area contributed by atoms with Crippen LogP contribution in [-0.2, 0) is 0 Å². The Kier molecular flexibility index (Phi) is 3.77. The van der Waals surface area contributed by atoms with Crippen LogP contribution in [0.3, 0.4) is 0 Å². The molecule has 0 aliphatic rings. The summed E-state index contributed by atoms with van der Waals surface area (Å²) in [4.78, 5) is 0. The zero-order valence-electron chi connectivity index (χ0n) is 13.6. The van der Waals surface area contributed by atoms with Gasteiger partial charge in [-0.05, 0) is 49.6 Å². The van der Waals surface area contributed by atoms with Crippen LogP contribution in [0.4, 0.5) is 0 Å². The summed E-state index contributed by atoms with van der Waals surface area (Å²) in [6.07, 6.45) is 0. The Morgan fingerprint density at radius 1 is 0.783 bits per heavy atom. The Bertz CT molecular complexity index is 1010. The Balaban J connectivity index is 2.11. The molecule has 0 aliphatic heterocycles. The van der Waals surface area contributed by atoms with Crippen LogP contribution in [0.1, 0.15) is 0 Å². The van der Waals surface area contributed by atoms with E-state index in [9.17, 15) is 0 Å². The van der Waals surface area contributed by atoms with Crippen molar-refractivity contribution in [1.82, 2.24) is 4.65 Å². The van der Waals surface area contributed by atoms with Crippen LogP contribution in [0.15, 0.2) is 66.7 Å². The summed E-state index contributed by atoms with van der Waals surface area (Å²) in [6, 6.07) is 24.7. The van der Waals surface area contributed by atoms with E-state index in [-0.39, 0.29) is 9.68 Å². The van der Waals surface area contributed by atoms with E-state index >= 15 is 0 Å². The summed E-state index contributed by atoms with van der Waals surface area (Å²) in [5.41, 5.74) is 0. The second-order valence-electron chi connectivity index (χ2n) is 6.21. The second-order valence-corrected chi connectivity index (χ2v) is 10.6. The third kappa shape index (κ3) is 2.51. The minimum absolute atomic E-state index is 0.117. The van der Waals surface area contributed by atoms with Crippen LogP contribution in [0, 0.1) is 0 Å². The molecule has 114 valence electrons. The summed E-state index contributed by atoms with van der Waals surface area (Å²) < 4.78 is 3.83. The lowest BCUT2D eigenvalue weighted by Gasteiger charge is -2.16. The van der Waals surface area contributed by atoms with Crippen LogP contribution in [-0.4, -0.2) is 18.6 Å². The van der Waals surface area contributed by atoms with E-state index in [1.54, 1.807) is 5.19 Å². The molecule has 0 aromatic heterocycles. The van der Waals surface area contributed by atoms with Gasteiger partial charge >= 0.3 is 0 Å². The highest BCUT2D eigenvalue weighted by molar-refractivity contribution is 6.77. The number of hydrogen-bond donors (Lipinski definition) is 1. The zero-order chi connectivity index (χ0) is 15.8. The lowest BCUT2D eigenvalue weighted by atomic mass is 9.98. The standard InChI is InChI=1S/C20H21NSi2/c1-22-21-23(2)19-9-5-8-14-10-11-17-12-15-6-3-4-7-16(15)13-18(17)20(14)19/h3-13,21,23H,22H2,1-2H3. The average molecular weight is 332 g/mol. The molecule has 0 fully saturated rings. The third-order valence-corrected chi connectivity index (χ3v) is 10.2. The van der Waals surface area contributed by atoms with E-state index in [1.165, 1.54) is 32.3 Å². The van der Waals surface area contributed by atoms with E-state index in [1.807, 2.05) is 0 Å². The van der Waals surface area contributed by atoms with Gasteiger partial charge in [-0.2, -0.15) is 0 Å². The fourth-order valence-electron chi connectivity index (χ4n) is 3.61. The number of benzene rings is 4. The molecule has 0 saturated carbocycles. The lowest BCUT2D eigenvalue weighted by Crippen LogP contribution is -2.43. The number of rotatable bonds is 3. The van der Waals surface area contributed by atoms with Crippen LogP contribution >= 0.6 is 0 Å². The fourth-order valence-corrected chi connectivity index (χ4v) is 8.09. The molecule has 1 atom stereocenters. The van der Waals surface area contributed by atoms with Crippen molar-refractivity contribution in [3.8, 4) is 0 Å². The van der Waals surface area contributed by atoms with Crippen molar-refractivity contribution in [3.05, 3.63) is 66.7 Å². The van der Waals surface area contributed by atoms with Crippen molar-refractivity contribution < 1.29 is 0 Å². The summed E-state index contributed by atoms with van der Waals surface area (Å²) in [5.74, 6) is 0. The molecule has 4 aromatic rings. The third-order valence-electron chi connectivity index (χ3n) is 4.74. The van der Waals surface area contributed by atoms with Crippen LogP contribution in [0.2, 0.25) is 13.1 Å². The first kappa shape index (κ1) is 14.6. The molecule has 1 N–H and O–H groups in total. The average Bonchev–Trinajstić information content (AvgIpc) is 2.59. The van der Waals surface area contributed by atoms with Gasteiger partial charge in [0, 0.05) is 0 Å². The zero-order valence-corrected chi connectivity index (χ0v) is 16.2. The highest BCUT2D eigenvalue weighted by atomic mass is 28.3. The molecule has 0 bridgehead atoms. The van der Waals surface area contributed by atoms with Gasteiger partial charge in [-0.15, -0.1) is 0 Å². The molecule has 1 nitrogen and oxygen atoms in total. The Hall–Kier alpha value is -1.95. The predicted octanol–water partition coefficient (Wildman–Crippen LogP) is 3.43. The predicted molar refractivity (Wildman–Crippen MR) is 109 cm³/mol. The monoisotopic (exact) mass is 331 g/mol. The molecular formula is C20H21NSi2. The van der Waals surface area contributed by atoms with Crippen molar-refractivity contribution in [3.63, 3.8) is 0 Å². The molecule has 4 rings (SSSR count).